The van der Waals surface area contributed by atoms with Crippen molar-refractivity contribution in [3.63, 3.8) is 0 Å². The molecule has 174 valence electrons. The quantitative estimate of drug-likeness (QED) is 0.514. The number of hydrazine groups is 1. The molecule has 5 saturated carbocycles. The van der Waals surface area contributed by atoms with E-state index in [2.05, 4.69) is 28.7 Å². The Hall–Kier alpha value is -2.52. The first kappa shape index (κ1) is 21.0. The maximum Gasteiger partial charge on any atom is 0.268 e. The van der Waals surface area contributed by atoms with Crippen molar-refractivity contribution in [3.05, 3.63) is 47.1 Å². The molecule has 6 heteroatoms. The van der Waals surface area contributed by atoms with Gasteiger partial charge in [-0.15, -0.1) is 0 Å². The molecule has 5 fully saturated rings. The molecular weight excluding hydrogens is 410 g/mol. The van der Waals surface area contributed by atoms with E-state index >= 15 is 0 Å². The molecule has 3 N–H and O–H groups in total. The fourth-order valence-corrected chi connectivity index (χ4v) is 7.59. The number of amides is 1. The number of hydrogen-bond acceptors (Lipinski definition) is 5. The highest BCUT2D eigenvalue weighted by molar-refractivity contribution is 5.92. The third-order valence-corrected chi connectivity index (χ3v) is 8.88. The summed E-state index contributed by atoms with van der Waals surface area (Å²) < 4.78 is 0. The Kier molecular flexibility index (Phi) is 4.95. The van der Waals surface area contributed by atoms with E-state index in [1.165, 1.54) is 57.1 Å². The second kappa shape index (κ2) is 7.77. The van der Waals surface area contributed by atoms with Crippen LogP contribution in [0.5, 0.6) is 0 Å². The van der Waals surface area contributed by atoms with E-state index in [1.807, 2.05) is 13.0 Å². The summed E-state index contributed by atoms with van der Waals surface area (Å²) in [6, 6.07) is 2.32. The summed E-state index contributed by atoms with van der Waals surface area (Å²) in [5.74, 6) is 4.09. The van der Waals surface area contributed by atoms with Crippen molar-refractivity contribution in [1.29, 1.82) is 5.26 Å². The molecule has 1 unspecified atom stereocenters. The van der Waals surface area contributed by atoms with E-state index in [0.717, 1.165) is 34.8 Å². The SMILES string of the molecule is C=C(C#N)CC/C(=C\C)C1=CC(=O)N2NC(C3CC3)C(NC34CC5CC(CC(C5)C3)C4)=C2N1. The van der Waals surface area contributed by atoms with E-state index in [4.69, 9.17) is 5.26 Å². The normalized spacial score (nSPS) is 37.0. The number of hydrogen-bond donors (Lipinski definition) is 3. The van der Waals surface area contributed by atoms with Gasteiger partial charge < -0.3 is 10.6 Å². The molecule has 33 heavy (non-hydrogen) atoms. The number of fused-ring (bicyclic) bond motifs is 1. The minimum Gasteiger partial charge on any atom is -0.379 e. The molecule has 0 saturated heterocycles. The van der Waals surface area contributed by atoms with Crippen LogP contribution in [0.4, 0.5) is 0 Å². The van der Waals surface area contributed by atoms with Crippen molar-refractivity contribution in [2.45, 2.75) is 82.7 Å². The predicted octanol–water partition coefficient (Wildman–Crippen LogP) is 4.13. The topological polar surface area (TPSA) is 80.2 Å². The largest absolute Gasteiger partial charge is 0.379 e. The molecule has 0 aromatic heterocycles. The number of nitriles is 1. The summed E-state index contributed by atoms with van der Waals surface area (Å²) in [4.78, 5) is 13.2. The van der Waals surface area contributed by atoms with Gasteiger partial charge in [-0.2, -0.15) is 5.26 Å². The van der Waals surface area contributed by atoms with Gasteiger partial charge in [0.15, 0.2) is 0 Å². The smallest absolute Gasteiger partial charge is 0.268 e. The van der Waals surface area contributed by atoms with Crippen LogP contribution in [-0.2, 0) is 4.79 Å². The lowest BCUT2D eigenvalue weighted by atomic mass is 9.53. The molecule has 0 spiro atoms. The highest BCUT2D eigenvalue weighted by Gasteiger charge is 2.53. The molecule has 6 nitrogen and oxygen atoms in total. The van der Waals surface area contributed by atoms with Crippen LogP contribution >= 0.6 is 0 Å². The van der Waals surface area contributed by atoms with Crippen LogP contribution in [0.15, 0.2) is 47.1 Å². The van der Waals surface area contributed by atoms with Crippen LogP contribution in [0.3, 0.4) is 0 Å². The van der Waals surface area contributed by atoms with Gasteiger partial charge in [0, 0.05) is 22.9 Å². The van der Waals surface area contributed by atoms with Gasteiger partial charge in [-0.1, -0.05) is 12.7 Å². The molecule has 0 aromatic rings. The summed E-state index contributed by atoms with van der Waals surface area (Å²) >= 11 is 0. The van der Waals surface area contributed by atoms with E-state index in [-0.39, 0.29) is 17.5 Å². The molecule has 4 bridgehead atoms. The summed E-state index contributed by atoms with van der Waals surface area (Å²) in [6.07, 6.45) is 15.6. The molecular formula is C27H35N5O. The Morgan fingerprint density at radius 3 is 2.48 bits per heavy atom. The van der Waals surface area contributed by atoms with Gasteiger partial charge in [0.05, 0.1) is 17.8 Å². The maximum absolute atomic E-state index is 13.2. The van der Waals surface area contributed by atoms with Gasteiger partial charge in [0.2, 0.25) is 0 Å². The monoisotopic (exact) mass is 445 g/mol. The maximum atomic E-state index is 13.2. The number of rotatable bonds is 7. The Morgan fingerprint density at radius 2 is 1.91 bits per heavy atom. The molecule has 2 heterocycles. The zero-order valence-electron chi connectivity index (χ0n) is 19.6. The first-order chi connectivity index (χ1) is 16.0. The molecule has 1 amide bonds. The van der Waals surface area contributed by atoms with Crippen molar-refractivity contribution in [2.75, 3.05) is 0 Å². The Balaban J connectivity index is 1.30. The lowest BCUT2D eigenvalue weighted by Gasteiger charge is -2.57. The highest BCUT2D eigenvalue weighted by atomic mass is 16.2. The van der Waals surface area contributed by atoms with Crippen molar-refractivity contribution in [1.82, 2.24) is 21.1 Å². The lowest BCUT2D eigenvalue weighted by molar-refractivity contribution is -0.127. The predicted molar refractivity (Wildman–Crippen MR) is 127 cm³/mol. The molecule has 0 radical (unpaired) electrons. The number of allylic oxidation sites excluding steroid dienone is 3. The summed E-state index contributed by atoms with van der Waals surface area (Å²) in [5, 5.41) is 18.5. The van der Waals surface area contributed by atoms with Gasteiger partial charge in [-0.05, 0) is 100 Å². The summed E-state index contributed by atoms with van der Waals surface area (Å²) in [6.45, 7) is 5.80. The van der Waals surface area contributed by atoms with Gasteiger partial charge >= 0.3 is 0 Å². The zero-order valence-corrected chi connectivity index (χ0v) is 19.6. The van der Waals surface area contributed by atoms with E-state index in [9.17, 15) is 4.79 Å². The fourth-order valence-electron chi connectivity index (χ4n) is 7.59. The van der Waals surface area contributed by atoms with Crippen LogP contribution in [-0.4, -0.2) is 22.5 Å². The van der Waals surface area contributed by atoms with Gasteiger partial charge in [0.25, 0.3) is 5.91 Å². The third-order valence-electron chi connectivity index (χ3n) is 8.88. The van der Waals surface area contributed by atoms with E-state index in [0.29, 0.717) is 24.3 Å². The van der Waals surface area contributed by atoms with E-state index in [1.54, 1.807) is 11.1 Å². The Bertz CT molecular complexity index is 988. The van der Waals surface area contributed by atoms with Crippen LogP contribution in [0, 0.1) is 35.0 Å². The molecule has 5 aliphatic carbocycles. The average Bonchev–Trinajstić information content (AvgIpc) is 3.56. The van der Waals surface area contributed by atoms with Crippen LogP contribution in [0.2, 0.25) is 0 Å². The van der Waals surface area contributed by atoms with Crippen molar-refractivity contribution in [2.24, 2.45) is 23.7 Å². The minimum absolute atomic E-state index is 0.0230. The second-order valence-electron chi connectivity index (χ2n) is 11.4. The number of carbonyl (C=O) groups excluding carboxylic acids is 1. The lowest BCUT2D eigenvalue weighted by Crippen LogP contribution is -2.59. The van der Waals surface area contributed by atoms with Gasteiger partial charge in [0.1, 0.15) is 5.82 Å². The standard InChI is InChI=1S/C27H35N5O/c1-3-20(5-4-16(2)15-28)22-11-23(33)32-26(29-22)25(24(31-32)21-6-7-21)30-27-12-17-8-18(13-27)10-19(9-17)14-27/h3,11,17-19,21,24,29-31H,2,4-10,12-14H2,1H3/b20-3+. The molecule has 2 aliphatic heterocycles. The van der Waals surface area contributed by atoms with Crippen molar-refractivity contribution >= 4 is 5.91 Å². The summed E-state index contributed by atoms with van der Waals surface area (Å²) in [5.41, 5.74) is 7.41. The number of carbonyl (C=O) groups is 1. The molecule has 1 atom stereocenters. The van der Waals surface area contributed by atoms with Gasteiger partial charge in [-0.25, -0.2) is 10.4 Å². The fraction of sp³-hybridized carbons (Fsp3) is 0.630. The Labute approximate surface area is 196 Å². The molecule has 0 aromatic carbocycles. The van der Waals surface area contributed by atoms with Crippen LogP contribution in [0.25, 0.3) is 0 Å². The van der Waals surface area contributed by atoms with Crippen LogP contribution in [0.1, 0.15) is 71.1 Å². The minimum atomic E-state index is -0.0230. The molecule has 7 aliphatic rings. The zero-order chi connectivity index (χ0) is 22.7. The first-order valence-electron chi connectivity index (χ1n) is 12.8. The van der Waals surface area contributed by atoms with Gasteiger partial charge in [-0.3, -0.25) is 4.79 Å². The highest BCUT2D eigenvalue weighted by Crippen LogP contribution is 2.56. The Morgan fingerprint density at radius 1 is 1.24 bits per heavy atom. The van der Waals surface area contributed by atoms with Crippen molar-refractivity contribution in [3.8, 4) is 6.07 Å². The first-order valence-corrected chi connectivity index (χ1v) is 12.8. The average molecular weight is 446 g/mol. The number of nitrogens with zero attached hydrogens (tertiary/aromatic N) is 2. The molecule has 7 rings (SSSR count). The second-order valence-corrected chi connectivity index (χ2v) is 11.4. The van der Waals surface area contributed by atoms with E-state index < -0.39 is 0 Å². The van der Waals surface area contributed by atoms with Crippen LogP contribution < -0.4 is 16.1 Å². The number of nitrogens with one attached hydrogen (secondary N) is 3. The van der Waals surface area contributed by atoms with Crippen molar-refractivity contribution < 1.29 is 4.79 Å². The summed E-state index contributed by atoms with van der Waals surface area (Å²) in [7, 11) is 0. The third kappa shape index (κ3) is 3.71.